The molecule has 2 aliphatic rings. The molecule has 0 radical (unpaired) electrons. The Bertz CT molecular complexity index is 1130. The smallest absolute Gasteiger partial charge is 0.409 e. The molecule has 2 fully saturated rings. The first-order valence-corrected chi connectivity index (χ1v) is 13.5. The number of nitrogens with zero attached hydrogens (tertiary/aromatic N) is 1. The van der Waals surface area contributed by atoms with Gasteiger partial charge in [-0.05, 0) is 55.5 Å². The second-order valence-electron chi connectivity index (χ2n) is 9.63. The molecule has 2 aromatic carbocycles. The molecule has 0 bridgehead atoms. The predicted molar refractivity (Wildman–Crippen MR) is 132 cm³/mol. The maximum absolute atomic E-state index is 12.9. The van der Waals surface area contributed by atoms with Crippen molar-refractivity contribution in [1.29, 1.82) is 0 Å². The van der Waals surface area contributed by atoms with E-state index in [4.69, 9.17) is 14.2 Å². The highest BCUT2D eigenvalue weighted by Gasteiger charge is 2.46. The normalized spacial score (nSPS) is 22.8. The summed E-state index contributed by atoms with van der Waals surface area (Å²) < 4.78 is 45.4. The van der Waals surface area contributed by atoms with Crippen LogP contribution in [0.1, 0.15) is 44.1 Å². The Kier molecular flexibility index (Phi) is 7.56. The summed E-state index contributed by atoms with van der Waals surface area (Å²) in [6.07, 6.45) is 4.09. The van der Waals surface area contributed by atoms with Crippen LogP contribution >= 0.6 is 0 Å². The van der Waals surface area contributed by atoms with Gasteiger partial charge >= 0.3 is 6.09 Å². The van der Waals surface area contributed by atoms with E-state index in [9.17, 15) is 13.2 Å². The van der Waals surface area contributed by atoms with Gasteiger partial charge in [0.15, 0.2) is 11.5 Å². The number of likely N-dealkylation sites (tertiary alicyclic amines) is 1. The Morgan fingerprint density at radius 1 is 1.09 bits per heavy atom. The largest absolute Gasteiger partial charge is 0.493 e. The van der Waals surface area contributed by atoms with Gasteiger partial charge in [-0.15, -0.1) is 0 Å². The predicted octanol–water partition coefficient (Wildman–Crippen LogP) is 4.17. The van der Waals surface area contributed by atoms with Crippen LogP contribution in [0.3, 0.4) is 0 Å². The molecule has 1 saturated carbocycles. The average molecular weight is 503 g/mol. The molecule has 4 rings (SSSR count). The van der Waals surface area contributed by atoms with Gasteiger partial charge in [0.1, 0.15) is 0 Å². The van der Waals surface area contributed by atoms with Gasteiger partial charge in [-0.2, -0.15) is 0 Å². The third-order valence-corrected chi connectivity index (χ3v) is 8.55. The van der Waals surface area contributed by atoms with E-state index in [0.717, 1.165) is 31.2 Å². The van der Waals surface area contributed by atoms with Crippen molar-refractivity contribution >= 4 is 16.1 Å². The molecule has 190 valence electrons. The van der Waals surface area contributed by atoms with Gasteiger partial charge in [0.2, 0.25) is 10.0 Å². The molecule has 1 unspecified atom stereocenters. The Hall–Kier alpha value is -2.78. The number of rotatable bonds is 8. The summed E-state index contributed by atoms with van der Waals surface area (Å²) in [4.78, 5) is 14.3. The lowest BCUT2D eigenvalue weighted by Gasteiger charge is -2.31. The van der Waals surface area contributed by atoms with E-state index >= 15 is 0 Å². The van der Waals surface area contributed by atoms with Crippen LogP contribution in [-0.4, -0.2) is 59.4 Å². The highest BCUT2D eigenvalue weighted by molar-refractivity contribution is 7.89. The maximum atomic E-state index is 12.9. The van der Waals surface area contributed by atoms with Crippen molar-refractivity contribution in [2.75, 3.05) is 33.9 Å². The minimum absolute atomic E-state index is 0.142. The first kappa shape index (κ1) is 25.3. The molecule has 1 amide bonds. The van der Waals surface area contributed by atoms with Gasteiger partial charge in [0, 0.05) is 31.0 Å². The number of carbonyl (C=O) groups is 1. The lowest BCUT2D eigenvalue weighted by molar-refractivity contribution is 0.128. The fourth-order valence-corrected chi connectivity index (χ4v) is 6.34. The van der Waals surface area contributed by atoms with Gasteiger partial charge in [-0.3, -0.25) is 0 Å². The van der Waals surface area contributed by atoms with Crippen molar-refractivity contribution in [2.24, 2.45) is 5.41 Å². The lowest BCUT2D eigenvalue weighted by Crippen LogP contribution is -2.40. The van der Waals surface area contributed by atoms with Gasteiger partial charge in [-0.25, -0.2) is 17.9 Å². The fraction of sp³-hybridized carbons (Fsp3) is 0.500. The number of methoxy groups -OCH3 is 2. The summed E-state index contributed by atoms with van der Waals surface area (Å²) >= 11 is 0. The minimum atomic E-state index is -3.70. The van der Waals surface area contributed by atoms with Crippen LogP contribution in [0.25, 0.3) is 0 Å². The standard InChI is InChI=1S/C26H34N2O6S/c1-26(17-27-35(30,31)21-11-5-4-6-12-21)18-28(25(29)33-3)16-22(26)19-13-14-23(32-2)24(15-19)34-20-9-7-8-10-20/h4-6,11-15,20,22,27H,7-10,16-18H2,1-3H3/t22?,26-/m1/s1. The third-order valence-electron chi connectivity index (χ3n) is 7.13. The molecule has 1 aliphatic heterocycles. The van der Waals surface area contributed by atoms with Crippen molar-refractivity contribution < 1.29 is 27.4 Å². The zero-order valence-corrected chi connectivity index (χ0v) is 21.3. The topological polar surface area (TPSA) is 94.2 Å². The minimum Gasteiger partial charge on any atom is -0.493 e. The molecule has 8 nitrogen and oxygen atoms in total. The van der Waals surface area contributed by atoms with E-state index in [1.54, 1.807) is 42.3 Å². The summed E-state index contributed by atoms with van der Waals surface area (Å²) in [5, 5.41) is 0. The summed E-state index contributed by atoms with van der Waals surface area (Å²) in [5.41, 5.74) is 0.390. The monoisotopic (exact) mass is 502 g/mol. The van der Waals surface area contributed by atoms with Crippen molar-refractivity contribution in [3.05, 3.63) is 54.1 Å². The maximum Gasteiger partial charge on any atom is 0.409 e. The van der Waals surface area contributed by atoms with Crippen LogP contribution in [0.5, 0.6) is 11.5 Å². The van der Waals surface area contributed by atoms with Gasteiger partial charge in [-0.1, -0.05) is 31.2 Å². The highest BCUT2D eigenvalue weighted by atomic mass is 32.2. The number of amides is 1. The number of hydrogen-bond acceptors (Lipinski definition) is 6. The molecular formula is C26H34N2O6S. The molecule has 35 heavy (non-hydrogen) atoms. The zero-order valence-electron chi connectivity index (χ0n) is 20.5. The molecule has 0 aromatic heterocycles. The van der Waals surface area contributed by atoms with Crippen LogP contribution in [-0.2, 0) is 14.8 Å². The molecule has 0 spiro atoms. The quantitative estimate of drug-likeness (QED) is 0.582. The summed E-state index contributed by atoms with van der Waals surface area (Å²) in [6, 6.07) is 14.1. The molecule has 1 heterocycles. The van der Waals surface area contributed by atoms with E-state index < -0.39 is 21.5 Å². The number of nitrogens with one attached hydrogen (secondary N) is 1. The molecular weight excluding hydrogens is 468 g/mol. The number of sulfonamides is 1. The summed E-state index contributed by atoms with van der Waals surface area (Å²) in [7, 11) is -0.727. The summed E-state index contributed by atoms with van der Waals surface area (Å²) in [6.45, 7) is 2.92. The van der Waals surface area contributed by atoms with Gasteiger partial charge in [0.05, 0.1) is 25.2 Å². The Balaban J connectivity index is 1.62. The lowest BCUT2D eigenvalue weighted by atomic mass is 9.76. The first-order valence-electron chi connectivity index (χ1n) is 12.0. The summed E-state index contributed by atoms with van der Waals surface area (Å²) in [5.74, 6) is 1.20. The van der Waals surface area contributed by atoms with Crippen molar-refractivity contribution in [3.8, 4) is 11.5 Å². The van der Waals surface area contributed by atoms with Crippen LogP contribution in [0.2, 0.25) is 0 Å². The van der Waals surface area contributed by atoms with Gasteiger partial charge < -0.3 is 19.1 Å². The zero-order chi connectivity index (χ0) is 25.1. The number of carbonyl (C=O) groups excluding carboxylic acids is 1. The highest BCUT2D eigenvalue weighted by Crippen LogP contribution is 2.45. The van der Waals surface area contributed by atoms with Crippen molar-refractivity contribution in [2.45, 2.75) is 49.5 Å². The second-order valence-corrected chi connectivity index (χ2v) is 11.4. The Morgan fingerprint density at radius 2 is 1.80 bits per heavy atom. The Labute approximate surface area is 207 Å². The van der Waals surface area contributed by atoms with Crippen molar-refractivity contribution in [1.82, 2.24) is 9.62 Å². The number of ether oxygens (including phenoxy) is 3. The molecule has 2 atom stereocenters. The number of benzene rings is 2. The molecule has 2 aromatic rings. The SMILES string of the molecule is COC(=O)N1CC(c2ccc(OC)c(OC3CCCC3)c2)[C@](C)(CNS(=O)(=O)c2ccccc2)C1. The van der Waals surface area contributed by atoms with E-state index in [1.807, 2.05) is 25.1 Å². The molecule has 1 N–H and O–H groups in total. The number of hydrogen-bond donors (Lipinski definition) is 1. The van der Waals surface area contributed by atoms with E-state index in [-0.39, 0.29) is 23.5 Å². The van der Waals surface area contributed by atoms with Crippen LogP contribution in [0.4, 0.5) is 4.79 Å². The van der Waals surface area contributed by atoms with Crippen LogP contribution in [0.15, 0.2) is 53.4 Å². The van der Waals surface area contributed by atoms with E-state index in [1.165, 1.54) is 7.11 Å². The van der Waals surface area contributed by atoms with E-state index in [0.29, 0.717) is 24.6 Å². The van der Waals surface area contributed by atoms with E-state index in [2.05, 4.69) is 4.72 Å². The first-order chi connectivity index (χ1) is 16.8. The van der Waals surface area contributed by atoms with Crippen LogP contribution in [0, 0.1) is 5.41 Å². The molecule has 9 heteroatoms. The van der Waals surface area contributed by atoms with Crippen LogP contribution < -0.4 is 14.2 Å². The third kappa shape index (κ3) is 5.56. The average Bonchev–Trinajstić information content (AvgIpc) is 3.51. The van der Waals surface area contributed by atoms with Crippen molar-refractivity contribution in [3.63, 3.8) is 0 Å². The second kappa shape index (κ2) is 10.5. The molecule has 1 aliphatic carbocycles. The van der Waals surface area contributed by atoms with Gasteiger partial charge in [0.25, 0.3) is 0 Å². The molecule has 1 saturated heterocycles. The Morgan fingerprint density at radius 3 is 2.46 bits per heavy atom. The fourth-order valence-electron chi connectivity index (χ4n) is 5.14.